The van der Waals surface area contributed by atoms with Crippen molar-refractivity contribution in [3.63, 3.8) is 0 Å². The second-order valence-corrected chi connectivity index (χ2v) is 4.93. The molecule has 3 rings (SSSR count). The molecule has 0 radical (unpaired) electrons. The van der Waals surface area contributed by atoms with Crippen molar-refractivity contribution in [2.24, 2.45) is 5.92 Å². The van der Waals surface area contributed by atoms with Gasteiger partial charge in [0.15, 0.2) is 0 Å². The summed E-state index contributed by atoms with van der Waals surface area (Å²) in [5.41, 5.74) is 0.987. The number of likely N-dealkylation sites (N-methyl/N-ethyl adjacent to an activating group) is 1. The van der Waals surface area contributed by atoms with Gasteiger partial charge in [-0.05, 0) is 18.6 Å². The molecular formula is C12H15N3O3. The van der Waals surface area contributed by atoms with Crippen molar-refractivity contribution in [3.05, 3.63) is 24.0 Å². The van der Waals surface area contributed by atoms with Crippen molar-refractivity contribution < 1.29 is 14.7 Å². The molecule has 1 aromatic heterocycles. The zero-order valence-corrected chi connectivity index (χ0v) is 10.0. The average Bonchev–Trinajstić information content (AvgIpc) is 2.84. The smallest absolute Gasteiger partial charge is 0.320 e. The van der Waals surface area contributed by atoms with Crippen molar-refractivity contribution in [1.82, 2.24) is 14.8 Å². The molecule has 1 aliphatic carbocycles. The van der Waals surface area contributed by atoms with E-state index in [-0.39, 0.29) is 24.0 Å². The van der Waals surface area contributed by atoms with Crippen LogP contribution in [0.15, 0.2) is 18.3 Å². The summed E-state index contributed by atoms with van der Waals surface area (Å²) in [6.07, 6.45) is 2.40. The molecule has 2 fully saturated rings. The van der Waals surface area contributed by atoms with E-state index in [2.05, 4.69) is 4.98 Å². The number of aromatic amines is 1. The molecule has 2 amide bonds. The summed E-state index contributed by atoms with van der Waals surface area (Å²) in [4.78, 5) is 29.4. The molecule has 1 aliphatic heterocycles. The van der Waals surface area contributed by atoms with E-state index in [1.165, 1.54) is 0 Å². The van der Waals surface area contributed by atoms with E-state index in [4.69, 9.17) is 5.11 Å². The SMILES string of the molecule is CN1C(=O)N(C2CC2C(=O)O)CC1c1ccc[nH]1. The van der Waals surface area contributed by atoms with Gasteiger partial charge in [0, 0.05) is 31.5 Å². The average molecular weight is 249 g/mol. The Hall–Kier alpha value is -1.98. The summed E-state index contributed by atoms with van der Waals surface area (Å²) in [6, 6.07) is 3.62. The topological polar surface area (TPSA) is 76.6 Å². The molecule has 18 heavy (non-hydrogen) atoms. The van der Waals surface area contributed by atoms with Crippen LogP contribution in [-0.4, -0.2) is 51.5 Å². The maximum absolute atomic E-state index is 12.1. The van der Waals surface area contributed by atoms with Crippen LogP contribution in [0.3, 0.4) is 0 Å². The largest absolute Gasteiger partial charge is 0.481 e. The van der Waals surface area contributed by atoms with Gasteiger partial charge in [-0.2, -0.15) is 0 Å². The second-order valence-electron chi connectivity index (χ2n) is 4.93. The lowest BCUT2D eigenvalue weighted by atomic mass is 10.2. The molecule has 2 aliphatic rings. The highest BCUT2D eigenvalue weighted by molar-refractivity contribution is 5.81. The monoisotopic (exact) mass is 249 g/mol. The van der Waals surface area contributed by atoms with Crippen LogP contribution in [0.1, 0.15) is 18.2 Å². The number of aromatic nitrogens is 1. The molecule has 1 saturated heterocycles. The van der Waals surface area contributed by atoms with Crippen LogP contribution in [0.25, 0.3) is 0 Å². The normalized spacial score (nSPS) is 30.9. The first-order chi connectivity index (χ1) is 8.59. The summed E-state index contributed by atoms with van der Waals surface area (Å²) in [5.74, 6) is -1.19. The number of urea groups is 1. The maximum Gasteiger partial charge on any atom is 0.320 e. The minimum absolute atomic E-state index is 0.0115. The van der Waals surface area contributed by atoms with E-state index in [9.17, 15) is 9.59 Å². The number of amides is 2. The van der Waals surface area contributed by atoms with Crippen LogP contribution in [0.5, 0.6) is 0 Å². The zero-order chi connectivity index (χ0) is 12.9. The van der Waals surface area contributed by atoms with Gasteiger partial charge in [-0.15, -0.1) is 0 Å². The van der Waals surface area contributed by atoms with Gasteiger partial charge in [-0.1, -0.05) is 0 Å². The van der Waals surface area contributed by atoms with Crippen LogP contribution < -0.4 is 0 Å². The van der Waals surface area contributed by atoms with Gasteiger partial charge < -0.3 is 19.9 Å². The van der Waals surface area contributed by atoms with E-state index in [0.717, 1.165) is 5.69 Å². The van der Waals surface area contributed by atoms with Gasteiger partial charge in [0.1, 0.15) is 0 Å². The van der Waals surface area contributed by atoms with E-state index in [1.807, 2.05) is 18.3 Å². The number of carboxylic acid groups (broad SMARTS) is 1. The minimum Gasteiger partial charge on any atom is -0.481 e. The van der Waals surface area contributed by atoms with Crippen LogP contribution in [0.2, 0.25) is 0 Å². The molecule has 0 bridgehead atoms. The van der Waals surface area contributed by atoms with Crippen molar-refractivity contribution >= 4 is 12.0 Å². The minimum atomic E-state index is -0.807. The van der Waals surface area contributed by atoms with E-state index >= 15 is 0 Å². The van der Waals surface area contributed by atoms with Crippen molar-refractivity contribution in [1.29, 1.82) is 0 Å². The lowest BCUT2D eigenvalue weighted by Crippen LogP contribution is -2.33. The number of carbonyl (C=O) groups excluding carboxylic acids is 1. The van der Waals surface area contributed by atoms with Gasteiger partial charge in [0.25, 0.3) is 0 Å². The fraction of sp³-hybridized carbons (Fsp3) is 0.500. The lowest BCUT2D eigenvalue weighted by molar-refractivity contribution is -0.138. The summed E-state index contributed by atoms with van der Waals surface area (Å²) in [6.45, 7) is 0.560. The Morgan fingerprint density at radius 2 is 2.33 bits per heavy atom. The molecule has 3 unspecified atom stereocenters. The Morgan fingerprint density at radius 1 is 1.56 bits per heavy atom. The number of hydrogen-bond donors (Lipinski definition) is 2. The quantitative estimate of drug-likeness (QED) is 0.835. The first-order valence-corrected chi connectivity index (χ1v) is 5.99. The highest BCUT2D eigenvalue weighted by Crippen LogP contribution is 2.41. The Labute approximate surface area is 104 Å². The maximum atomic E-state index is 12.1. The second kappa shape index (κ2) is 3.76. The fourth-order valence-electron chi connectivity index (χ4n) is 2.65. The number of nitrogens with zero attached hydrogens (tertiary/aromatic N) is 2. The van der Waals surface area contributed by atoms with Crippen LogP contribution in [0.4, 0.5) is 4.79 Å². The molecule has 2 heterocycles. The van der Waals surface area contributed by atoms with Gasteiger partial charge in [0.05, 0.1) is 12.0 Å². The summed E-state index contributed by atoms with van der Waals surface area (Å²) in [7, 11) is 1.76. The van der Waals surface area contributed by atoms with Crippen LogP contribution in [-0.2, 0) is 4.79 Å². The molecule has 0 aromatic carbocycles. The van der Waals surface area contributed by atoms with E-state index < -0.39 is 5.97 Å². The molecule has 1 aromatic rings. The van der Waals surface area contributed by atoms with Gasteiger partial charge in [0.2, 0.25) is 0 Å². The van der Waals surface area contributed by atoms with Crippen molar-refractivity contribution in [2.75, 3.05) is 13.6 Å². The van der Waals surface area contributed by atoms with E-state index in [0.29, 0.717) is 13.0 Å². The first-order valence-electron chi connectivity index (χ1n) is 5.99. The first kappa shape index (κ1) is 11.1. The zero-order valence-electron chi connectivity index (χ0n) is 10.0. The molecule has 96 valence electrons. The fourth-order valence-corrected chi connectivity index (χ4v) is 2.65. The standard InChI is InChI=1S/C12H15N3O3/c1-14-10(8-3-2-4-13-8)6-15(12(14)18)9-5-7(9)11(16)17/h2-4,7,9-10,13H,5-6H2,1H3,(H,16,17). The molecule has 1 saturated carbocycles. The van der Waals surface area contributed by atoms with E-state index in [1.54, 1.807) is 16.8 Å². The summed E-state index contributed by atoms with van der Waals surface area (Å²) in [5, 5.41) is 8.93. The Morgan fingerprint density at radius 3 is 2.89 bits per heavy atom. The summed E-state index contributed by atoms with van der Waals surface area (Å²) < 4.78 is 0. The molecular weight excluding hydrogens is 234 g/mol. The number of carboxylic acids is 1. The number of nitrogens with one attached hydrogen (secondary N) is 1. The number of hydrogen-bond acceptors (Lipinski definition) is 2. The third-order valence-corrected chi connectivity index (χ3v) is 3.84. The lowest BCUT2D eigenvalue weighted by Gasteiger charge is -2.16. The predicted molar refractivity (Wildman–Crippen MR) is 62.9 cm³/mol. The summed E-state index contributed by atoms with van der Waals surface area (Å²) >= 11 is 0. The molecule has 6 heteroatoms. The molecule has 0 spiro atoms. The van der Waals surface area contributed by atoms with Crippen LogP contribution >= 0.6 is 0 Å². The number of carbonyl (C=O) groups is 2. The highest BCUT2D eigenvalue weighted by atomic mass is 16.4. The Balaban J connectivity index is 1.76. The Kier molecular flexibility index (Phi) is 2.33. The van der Waals surface area contributed by atoms with Crippen LogP contribution in [0, 0.1) is 5.92 Å². The predicted octanol–water partition coefficient (Wildman–Crippen LogP) is 0.896. The molecule has 3 atom stereocenters. The third-order valence-electron chi connectivity index (χ3n) is 3.84. The highest BCUT2D eigenvalue weighted by Gasteiger charge is 2.52. The van der Waals surface area contributed by atoms with Crippen molar-refractivity contribution in [2.45, 2.75) is 18.5 Å². The number of aliphatic carboxylic acids is 1. The van der Waals surface area contributed by atoms with Gasteiger partial charge in [-0.25, -0.2) is 4.79 Å². The molecule has 6 nitrogen and oxygen atoms in total. The Bertz CT molecular complexity index is 485. The molecule has 2 N–H and O–H groups in total. The van der Waals surface area contributed by atoms with Crippen molar-refractivity contribution in [3.8, 4) is 0 Å². The number of H-pyrrole nitrogens is 1. The van der Waals surface area contributed by atoms with Gasteiger partial charge in [-0.3, -0.25) is 4.79 Å². The van der Waals surface area contributed by atoms with Gasteiger partial charge >= 0.3 is 12.0 Å². The third kappa shape index (κ3) is 1.56. The number of rotatable bonds is 3.